The lowest BCUT2D eigenvalue weighted by atomic mass is 9.90. The lowest BCUT2D eigenvalue weighted by molar-refractivity contribution is -0.114. The summed E-state index contributed by atoms with van der Waals surface area (Å²) >= 11 is 0. The molecule has 0 bridgehead atoms. The van der Waals surface area contributed by atoms with Crippen LogP contribution in [0.5, 0.6) is 0 Å². The van der Waals surface area contributed by atoms with Crippen molar-refractivity contribution in [2.24, 2.45) is 5.92 Å². The highest BCUT2D eigenvalue weighted by molar-refractivity contribution is 6.12. The molecule has 0 spiro atoms. The van der Waals surface area contributed by atoms with Gasteiger partial charge >= 0.3 is 0 Å². The van der Waals surface area contributed by atoms with Crippen molar-refractivity contribution in [3.63, 3.8) is 0 Å². The average Bonchev–Trinajstić information content (AvgIpc) is 2.47. The third-order valence-electron chi connectivity index (χ3n) is 2.88. The van der Waals surface area contributed by atoms with E-state index in [-0.39, 0.29) is 23.2 Å². The fraction of sp³-hybridized carbons (Fsp3) is 0.312. The molecule has 19 heavy (non-hydrogen) atoms. The normalized spacial score (nSPS) is 17.9. The summed E-state index contributed by atoms with van der Waals surface area (Å²) in [4.78, 5) is 23.5. The SMILES string of the molecule is C=C(C)C1C#CC(C(C)=N)=C(C(C)=O)C=C1C(C)=O. The summed E-state index contributed by atoms with van der Waals surface area (Å²) in [6.45, 7) is 10.1. The van der Waals surface area contributed by atoms with Crippen LogP contribution in [0.3, 0.4) is 0 Å². The molecular weight excluding hydrogens is 238 g/mol. The van der Waals surface area contributed by atoms with Gasteiger partial charge in [-0.15, -0.1) is 0 Å². The number of ketones is 2. The quantitative estimate of drug-likeness (QED) is 0.477. The maximum Gasteiger partial charge on any atom is 0.161 e. The molecule has 0 aromatic rings. The first kappa shape index (κ1) is 14.8. The Labute approximate surface area is 113 Å². The van der Waals surface area contributed by atoms with Crippen LogP contribution in [0.4, 0.5) is 0 Å². The van der Waals surface area contributed by atoms with Crippen LogP contribution in [0.2, 0.25) is 0 Å². The Bertz CT molecular complexity index is 606. The lowest BCUT2D eigenvalue weighted by Crippen LogP contribution is -2.11. The van der Waals surface area contributed by atoms with E-state index in [1.54, 1.807) is 19.9 Å². The summed E-state index contributed by atoms with van der Waals surface area (Å²) in [5.41, 5.74) is 2.14. The molecule has 3 nitrogen and oxygen atoms in total. The third kappa shape index (κ3) is 3.17. The first-order chi connectivity index (χ1) is 8.75. The summed E-state index contributed by atoms with van der Waals surface area (Å²) in [7, 11) is 0. The molecule has 1 N–H and O–H groups in total. The van der Waals surface area contributed by atoms with Crippen molar-refractivity contribution in [1.29, 1.82) is 5.41 Å². The van der Waals surface area contributed by atoms with E-state index < -0.39 is 0 Å². The number of carbonyl (C=O) groups excluding carboxylic acids is 2. The molecule has 1 aliphatic rings. The van der Waals surface area contributed by atoms with Gasteiger partial charge in [-0.25, -0.2) is 0 Å². The highest BCUT2D eigenvalue weighted by Crippen LogP contribution is 2.25. The van der Waals surface area contributed by atoms with Gasteiger partial charge in [-0.1, -0.05) is 24.0 Å². The molecule has 0 fully saturated rings. The van der Waals surface area contributed by atoms with E-state index in [4.69, 9.17) is 5.41 Å². The maximum atomic E-state index is 11.7. The van der Waals surface area contributed by atoms with Gasteiger partial charge in [0.25, 0.3) is 0 Å². The lowest BCUT2D eigenvalue weighted by Gasteiger charge is -2.12. The number of Topliss-reactive ketones (excluding diaryl/α,β-unsaturated/α-hetero) is 2. The zero-order valence-electron chi connectivity index (χ0n) is 11.7. The first-order valence-corrected chi connectivity index (χ1v) is 5.96. The minimum Gasteiger partial charge on any atom is -0.304 e. The second-order valence-electron chi connectivity index (χ2n) is 4.67. The molecule has 1 unspecified atom stereocenters. The Morgan fingerprint density at radius 1 is 1.21 bits per heavy atom. The molecule has 1 rings (SSSR count). The Hall–Kier alpha value is -2.21. The van der Waals surface area contributed by atoms with Gasteiger partial charge in [0, 0.05) is 16.9 Å². The van der Waals surface area contributed by atoms with Crippen molar-refractivity contribution in [3.8, 4) is 11.8 Å². The molecule has 0 radical (unpaired) electrons. The topological polar surface area (TPSA) is 58.0 Å². The molecule has 0 aromatic heterocycles. The molecule has 1 atom stereocenters. The standard InChI is InChI=1S/C16H17NO2/c1-9(2)13-6-7-14(10(3)17)16(12(5)19)8-15(13)11(4)18/h8,13,17H,1H2,2-5H3. The van der Waals surface area contributed by atoms with E-state index >= 15 is 0 Å². The predicted molar refractivity (Wildman–Crippen MR) is 76.0 cm³/mol. The van der Waals surface area contributed by atoms with Crippen LogP contribution in [0.15, 0.2) is 34.9 Å². The van der Waals surface area contributed by atoms with Gasteiger partial charge in [-0.3, -0.25) is 9.59 Å². The molecule has 3 heteroatoms. The average molecular weight is 255 g/mol. The van der Waals surface area contributed by atoms with Crippen LogP contribution < -0.4 is 0 Å². The number of hydrogen-bond donors (Lipinski definition) is 1. The van der Waals surface area contributed by atoms with Crippen molar-refractivity contribution >= 4 is 17.3 Å². The van der Waals surface area contributed by atoms with E-state index in [2.05, 4.69) is 18.4 Å². The van der Waals surface area contributed by atoms with Gasteiger partial charge in [-0.2, -0.15) is 0 Å². The van der Waals surface area contributed by atoms with E-state index in [0.29, 0.717) is 16.7 Å². The molecular formula is C16H17NO2. The number of nitrogens with one attached hydrogen (secondary N) is 1. The van der Waals surface area contributed by atoms with E-state index in [1.165, 1.54) is 13.8 Å². The number of hydrogen-bond acceptors (Lipinski definition) is 3. The third-order valence-corrected chi connectivity index (χ3v) is 2.88. The Morgan fingerprint density at radius 3 is 2.16 bits per heavy atom. The van der Waals surface area contributed by atoms with Crippen molar-refractivity contribution in [2.45, 2.75) is 27.7 Å². The zero-order valence-corrected chi connectivity index (χ0v) is 11.7. The summed E-state index contributed by atoms with van der Waals surface area (Å²) in [5.74, 6) is 5.07. The summed E-state index contributed by atoms with van der Waals surface area (Å²) in [6.07, 6.45) is 1.55. The second-order valence-corrected chi connectivity index (χ2v) is 4.67. The molecule has 1 aliphatic carbocycles. The van der Waals surface area contributed by atoms with E-state index in [9.17, 15) is 9.59 Å². The van der Waals surface area contributed by atoms with Crippen LogP contribution in [0, 0.1) is 23.2 Å². The predicted octanol–water partition coefficient (Wildman–Crippen LogP) is 2.64. The van der Waals surface area contributed by atoms with Gasteiger partial charge in [0.2, 0.25) is 0 Å². The van der Waals surface area contributed by atoms with Crippen molar-refractivity contribution < 1.29 is 9.59 Å². The second kappa shape index (κ2) is 5.62. The van der Waals surface area contributed by atoms with Gasteiger partial charge < -0.3 is 5.41 Å². The molecule has 0 aliphatic heterocycles. The van der Waals surface area contributed by atoms with Crippen molar-refractivity contribution in [2.75, 3.05) is 0 Å². The van der Waals surface area contributed by atoms with E-state index in [1.807, 2.05) is 0 Å². The molecule has 0 saturated heterocycles. The fourth-order valence-electron chi connectivity index (χ4n) is 1.87. The Kier molecular flexibility index (Phi) is 4.39. The van der Waals surface area contributed by atoms with Gasteiger partial charge in [0.05, 0.1) is 11.5 Å². The van der Waals surface area contributed by atoms with Crippen LogP contribution >= 0.6 is 0 Å². The van der Waals surface area contributed by atoms with Crippen molar-refractivity contribution in [1.82, 2.24) is 0 Å². The van der Waals surface area contributed by atoms with Gasteiger partial charge in [-0.05, 0) is 33.8 Å². The number of carbonyl (C=O) groups is 2. The smallest absolute Gasteiger partial charge is 0.161 e. The summed E-state index contributed by atoms with van der Waals surface area (Å²) in [6, 6.07) is 0. The Morgan fingerprint density at radius 2 is 1.79 bits per heavy atom. The first-order valence-electron chi connectivity index (χ1n) is 5.96. The number of allylic oxidation sites excluding steroid dienone is 5. The summed E-state index contributed by atoms with van der Waals surface area (Å²) < 4.78 is 0. The van der Waals surface area contributed by atoms with Crippen LogP contribution in [-0.2, 0) is 9.59 Å². The van der Waals surface area contributed by atoms with Crippen LogP contribution in [0.25, 0.3) is 0 Å². The van der Waals surface area contributed by atoms with Gasteiger partial charge in [0.15, 0.2) is 11.6 Å². The molecule has 0 saturated carbocycles. The number of rotatable bonds is 4. The minimum absolute atomic E-state index is 0.134. The van der Waals surface area contributed by atoms with Crippen LogP contribution in [-0.4, -0.2) is 17.3 Å². The Balaban J connectivity index is 3.60. The molecule has 0 amide bonds. The highest BCUT2D eigenvalue weighted by Gasteiger charge is 2.22. The zero-order chi connectivity index (χ0) is 14.7. The van der Waals surface area contributed by atoms with E-state index in [0.717, 1.165) is 5.57 Å². The fourth-order valence-corrected chi connectivity index (χ4v) is 1.87. The maximum absolute atomic E-state index is 11.7. The molecule has 0 heterocycles. The highest BCUT2D eigenvalue weighted by atomic mass is 16.1. The minimum atomic E-state index is -0.385. The summed E-state index contributed by atoms with van der Waals surface area (Å²) in [5, 5.41) is 7.71. The largest absolute Gasteiger partial charge is 0.304 e. The van der Waals surface area contributed by atoms with Crippen LogP contribution in [0.1, 0.15) is 27.7 Å². The van der Waals surface area contributed by atoms with Crippen molar-refractivity contribution in [3.05, 3.63) is 34.9 Å². The van der Waals surface area contributed by atoms with Gasteiger partial charge in [0.1, 0.15) is 0 Å². The molecule has 98 valence electrons. The monoisotopic (exact) mass is 255 g/mol. The molecule has 0 aromatic carbocycles.